The number of amides is 2. The fraction of sp³-hybridized carbons (Fsp3) is 0.680. The molecule has 30 heavy (non-hydrogen) atoms. The third-order valence-electron chi connectivity index (χ3n) is 5.91. The first-order chi connectivity index (χ1) is 14.3. The van der Waals surface area contributed by atoms with Crippen molar-refractivity contribution in [2.24, 2.45) is 11.8 Å². The first-order valence-electron chi connectivity index (χ1n) is 11.6. The molecule has 1 fully saturated rings. The minimum absolute atomic E-state index is 0.0449. The summed E-state index contributed by atoms with van der Waals surface area (Å²) < 4.78 is 0. The molecule has 0 bridgehead atoms. The molecule has 0 aromatic heterocycles. The zero-order valence-corrected chi connectivity index (χ0v) is 19.3. The Morgan fingerprint density at radius 2 is 1.70 bits per heavy atom. The molecule has 0 spiro atoms. The van der Waals surface area contributed by atoms with Crippen molar-refractivity contribution in [2.75, 3.05) is 20.6 Å². The standard InChI is InChI=1S/C25H41N3O2/c1-19(2)17-23(27-24(29)21-13-9-6-10-14-21)25(30)26-22(15-16-28(3)4)18-20-11-7-5-8-12-20/h5,7-8,11-12,19,21-23H,6,9-10,13-18H2,1-4H3,(H,26,30)(H,27,29)/t22-,23+/m1/s1. The van der Waals surface area contributed by atoms with E-state index in [1.165, 1.54) is 12.0 Å². The molecule has 0 heterocycles. The molecular formula is C25H41N3O2. The molecule has 5 heteroatoms. The molecule has 0 radical (unpaired) electrons. The molecular weight excluding hydrogens is 374 g/mol. The zero-order chi connectivity index (χ0) is 21.9. The van der Waals surface area contributed by atoms with Gasteiger partial charge < -0.3 is 15.5 Å². The van der Waals surface area contributed by atoms with Gasteiger partial charge in [-0.3, -0.25) is 9.59 Å². The van der Waals surface area contributed by atoms with Crippen LogP contribution >= 0.6 is 0 Å². The maximum atomic E-state index is 13.2. The molecule has 2 N–H and O–H groups in total. The van der Waals surface area contributed by atoms with Crippen molar-refractivity contribution in [1.82, 2.24) is 15.5 Å². The minimum Gasteiger partial charge on any atom is -0.351 e. The number of hydrogen-bond acceptors (Lipinski definition) is 3. The molecule has 1 aromatic rings. The number of nitrogens with zero attached hydrogens (tertiary/aromatic N) is 1. The van der Waals surface area contributed by atoms with Crippen LogP contribution in [0.25, 0.3) is 0 Å². The van der Waals surface area contributed by atoms with Crippen LogP contribution in [0, 0.1) is 11.8 Å². The normalized spacial score (nSPS) is 17.0. The summed E-state index contributed by atoms with van der Waals surface area (Å²) in [6, 6.07) is 9.87. The Morgan fingerprint density at radius 1 is 1.03 bits per heavy atom. The van der Waals surface area contributed by atoms with E-state index in [4.69, 9.17) is 0 Å². The highest BCUT2D eigenvalue weighted by atomic mass is 16.2. The lowest BCUT2D eigenvalue weighted by atomic mass is 9.88. The number of nitrogens with one attached hydrogen (secondary N) is 2. The number of hydrogen-bond donors (Lipinski definition) is 2. The lowest BCUT2D eigenvalue weighted by Gasteiger charge is -2.28. The smallest absolute Gasteiger partial charge is 0.242 e. The van der Waals surface area contributed by atoms with Gasteiger partial charge in [0, 0.05) is 12.0 Å². The van der Waals surface area contributed by atoms with Crippen LogP contribution in [0.5, 0.6) is 0 Å². The number of carbonyl (C=O) groups is 2. The van der Waals surface area contributed by atoms with Crippen LogP contribution in [0.3, 0.4) is 0 Å². The van der Waals surface area contributed by atoms with Crippen molar-refractivity contribution in [3.8, 4) is 0 Å². The van der Waals surface area contributed by atoms with Gasteiger partial charge in [0.25, 0.3) is 0 Å². The van der Waals surface area contributed by atoms with Crippen LogP contribution in [0.4, 0.5) is 0 Å². The van der Waals surface area contributed by atoms with E-state index in [0.717, 1.165) is 45.1 Å². The minimum atomic E-state index is -0.461. The van der Waals surface area contributed by atoms with Gasteiger partial charge in [-0.25, -0.2) is 0 Å². The van der Waals surface area contributed by atoms with Crippen LogP contribution in [0.2, 0.25) is 0 Å². The summed E-state index contributed by atoms with van der Waals surface area (Å²) >= 11 is 0. The van der Waals surface area contributed by atoms with E-state index in [1.54, 1.807) is 0 Å². The molecule has 2 amide bonds. The summed E-state index contributed by atoms with van der Waals surface area (Å²) in [5, 5.41) is 6.34. The first kappa shape index (κ1) is 24.4. The fourth-order valence-corrected chi connectivity index (χ4v) is 4.20. The van der Waals surface area contributed by atoms with Crippen LogP contribution in [0.1, 0.15) is 64.4 Å². The summed E-state index contributed by atoms with van der Waals surface area (Å²) in [5.41, 5.74) is 1.22. The number of rotatable bonds is 11. The van der Waals surface area contributed by atoms with E-state index in [2.05, 4.69) is 41.5 Å². The third-order valence-corrected chi connectivity index (χ3v) is 5.91. The lowest BCUT2D eigenvalue weighted by molar-refractivity contribution is -0.132. The van der Waals surface area contributed by atoms with Gasteiger partial charge in [-0.1, -0.05) is 63.4 Å². The Hall–Kier alpha value is -1.88. The Kier molecular flexibility index (Phi) is 10.4. The van der Waals surface area contributed by atoms with Crippen molar-refractivity contribution < 1.29 is 9.59 Å². The summed E-state index contributed by atoms with van der Waals surface area (Å²) in [6.07, 6.45) is 7.67. The van der Waals surface area contributed by atoms with E-state index in [1.807, 2.05) is 32.3 Å². The van der Waals surface area contributed by atoms with Gasteiger partial charge in [0.2, 0.25) is 11.8 Å². The topological polar surface area (TPSA) is 61.4 Å². The van der Waals surface area contributed by atoms with Gasteiger partial charge in [-0.15, -0.1) is 0 Å². The molecule has 2 rings (SSSR count). The van der Waals surface area contributed by atoms with Crippen molar-refractivity contribution in [3.63, 3.8) is 0 Å². The predicted octanol–water partition coefficient (Wildman–Crippen LogP) is 3.78. The fourth-order valence-electron chi connectivity index (χ4n) is 4.20. The van der Waals surface area contributed by atoms with Gasteiger partial charge in [0.1, 0.15) is 6.04 Å². The van der Waals surface area contributed by atoms with Crippen molar-refractivity contribution >= 4 is 11.8 Å². The number of carbonyl (C=O) groups excluding carboxylic acids is 2. The molecule has 5 nitrogen and oxygen atoms in total. The van der Waals surface area contributed by atoms with Crippen molar-refractivity contribution in [3.05, 3.63) is 35.9 Å². The van der Waals surface area contributed by atoms with Gasteiger partial charge >= 0.3 is 0 Å². The quantitative estimate of drug-likeness (QED) is 0.578. The second kappa shape index (κ2) is 12.7. The SMILES string of the molecule is CC(C)C[C@H](NC(=O)C1CCCCC1)C(=O)N[C@H](CCN(C)C)Cc1ccccc1. The Labute approximate surface area is 183 Å². The Morgan fingerprint density at radius 3 is 2.30 bits per heavy atom. The molecule has 1 aliphatic carbocycles. The van der Waals surface area contributed by atoms with Crippen LogP contribution < -0.4 is 10.6 Å². The van der Waals surface area contributed by atoms with E-state index >= 15 is 0 Å². The highest BCUT2D eigenvalue weighted by Crippen LogP contribution is 2.24. The maximum absolute atomic E-state index is 13.2. The first-order valence-corrected chi connectivity index (χ1v) is 11.6. The van der Waals surface area contributed by atoms with Crippen molar-refractivity contribution in [1.29, 1.82) is 0 Å². The van der Waals surface area contributed by atoms with Gasteiger partial charge in [-0.2, -0.15) is 0 Å². The van der Waals surface area contributed by atoms with Gasteiger partial charge in [-0.05, 0) is 64.2 Å². The molecule has 1 saturated carbocycles. The van der Waals surface area contributed by atoms with E-state index < -0.39 is 6.04 Å². The maximum Gasteiger partial charge on any atom is 0.242 e. The molecule has 0 saturated heterocycles. The highest BCUT2D eigenvalue weighted by molar-refractivity contribution is 5.88. The second-order valence-electron chi connectivity index (χ2n) is 9.51. The largest absolute Gasteiger partial charge is 0.351 e. The van der Waals surface area contributed by atoms with Gasteiger partial charge in [0.05, 0.1) is 0 Å². The highest BCUT2D eigenvalue weighted by Gasteiger charge is 2.28. The van der Waals surface area contributed by atoms with E-state index in [0.29, 0.717) is 12.3 Å². The Balaban J connectivity index is 2.03. The van der Waals surface area contributed by atoms with E-state index in [9.17, 15) is 9.59 Å². The second-order valence-corrected chi connectivity index (χ2v) is 9.51. The zero-order valence-electron chi connectivity index (χ0n) is 19.3. The third kappa shape index (κ3) is 8.86. The van der Waals surface area contributed by atoms with Crippen LogP contribution in [0.15, 0.2) is 30.3 Å². The van der Waals surface area contributed by atoms with Gasteiger partial charge in [0.15, 0.2) is 0 Å². The Bertz CT molecular complexity index is 639. The van der Waals surface area contributed by atoms with Crippen LogP contribution in [-0.4, -0.2) is 49.4 Å². The van der Waals surface area contributed by atoms with E-state index in [-0.39, 0.29) is 23.8 Å². The molecule has 2 atom stereocenters. The summed E-state index contributed by atoms with van der Waals surface area (Å²) in [5.74, 6) is 0.410. The molecule has 0 aliphatic heterocycles. The summed E-state index contributed by atoms with van der Waals surface area (Å²) in [6.45, 7) is 5.10. The lowest BCUT2D eigenvalue weighted by Crippen LogP contribution is -2.52. The molecule has 168 valence electrons. The number of benzene rings is 1. The summed E-state index contributed by atoms with van der Waals surface area (Å²) in [4.78, 5) is 28.1. The predicted molar refractivity (Wildman–Crippen MR) is 123 cm³/mol. The molecule has 1 aromatic carbocycles. The van der Waals surface area contributed by atoms with Crippen LogP contribution in [-0.2, 0) is 16.0 Å². The monoisotopic (exact) mass is 415 g/mol. The average Bonchev–Trinajstić information content (AvgIpc) is 2.72. The average molecular weight is 416 g/mol. The van der Waals surface area contributed by atoms with Crippen molar-refractivity contribution in [2.45, 2.75) is 77.3 Å². The molecule has 1 aliphatic rings. The summed E-state index contributed by atoms with van der Waals surface area (Å²) in [7, 11) is 4.10. The molecule has 0 unspecified atom stereocenters.